The van der Waals surface area contributed by atoms with Gasteiger partial charge < -0.3 is 20.7 Å². The van der Waals surface area contributed by atoms with Crippen LogP contribution in [0.25, 0.3) is 11.0 Å². The first-order valence-corrected chi connectivity index (χ1v) is 10.6. The summed E-state index contributed by atoms with van der Waals surface area (Å²) in [6.45, 7) is 10.4. The van der Waals surface area contributed by atoms with Gasteiger partial charge in [0.1, 0.15) is 0 Å². The van der Waals surface area contributed by atoms with Crippen molar-refractivity contribution in [1.29, 1.82) is 0 Å². The molecular weight excluding hydrogens is 402 g/mol. The van der Waals surface area contributed by atoms with E-state index in [0.29, 0.717) is 28.6 Å². The third-order valence-corrected chi connectivity index (χ3v) is 5.34. The van der Waals surface area contributed by atoms with Gasteiger partial charge in [-0.3, -0.25) is 5.10 Å². The minimum Gasteiger partial charge on any atom is -0.397 e. The van der Waals surface area contributed by atoms with Crippen molar-refractivity contribution in [3.05, 3.63) is 34.5 Å². The molecule has 0 aliphatic heterocycles. The van der Waals surface area contributed by atoms with Crippen LogP contribution in [-0.2, 0) is 0 Å². The van der Waals surface area contributed by atoms with E-state index in [4.69, 9.17) is 27.3 Å². The number of hydrogen-bond donors (Lipinski definition) is 4. The Morgan fingerprint density at radius 1 is 1.30 bits per heavy atom. The second-order valence-corrected chi connectivity index (χ2v) is 8.36. The maximum atomic E-state index is 9.70. The van der Waals surface area contributed by atoms with Gasteiger partial charge in [-0.15, -0.1) is 0 Å². The number of aromatic nitrogens is 4. The molecule has 0 spiro atoms. The lowest BCUT2D eigenvalue weighted by Gasteiger charge is -2.18. The fourth-order valence-electron chi connectivity index (χ4n) is 3.32. The monoisotopic (exact) mass is 431 g/mol. The molecule has 0 amide bonds. The normalized spacial score (nSPS) is 13.6. The molecule has 162 valence electrons. The zero-order valence-electron chi connectivity index (χ0n) is 18.1. The van der Waals surface area contributed by atoms with Gasteiger partial charge in [0.2, 0.25) is 5.62 Å². The van der Waals surface area contributed by atoms with E-state index >= 15 is 0 Å². The summed E-state index contributed by atoms with van der Waals surface area (Å²) in [5, 5.41) is 21.2. The number of aromatic amines is 1. The van der Waals surface area contributed by atoms with Crippen LogP contribution < -0.4 is 16.7 Å². The summed E-state index contributed by atoms with van der Waals surface area (Å²) in [6.07, 6.45) is 0.715. The molecule has 1 atom stereocenters. The second-order valence-electron chi connectivity index (χ2n) is 7.95. The molecule has 0 saturated heterocycles. The van der Waals surface area contributed by atoms with Gasteiger partial charge in [-0.25, -0.2) is 4.99 Å². The fraction of sp³-hybridized carbons (Fsp3) is 0.476. The molecule has 5 N–H and O–H groups in total. The number of halogens is 1. The summed E-state index contributed by atoms with van der Waals surface area (Å²) < 4.78 is 2.08. The molecule has 1 aromatic carbocycles. The van der Waals surface area contributed by atoms with Gasteiger partial charge in [-0.1, -0.05) is 32.4 Å². The van der Waals surface area contributed by atoms with Crippen molar-refractivity contribution in [3.63, 3.8) is 0 Å². The Bertz CT molecular complexity index is 1100. The number of aliphatic hydroxyl groups is 1. The molecule has 0 bridgehead atoms. The Labute approximate surface area is 181 Å². The van der Waals surface area contributed by atoms with E-state index in [2.05, 4.69) is 47.8 Å². The molecule has 9 heteroatoms. The van der Waals surface area contributed by atoms with Gasteiger partial charge in [0.15, 0.2) is 11.3 Å². The molecule has 0 fully saturated rings. The number of nitrogens with zero attached hydrogens (tertiary/aromatic N) is 4. The SMILES string of the molecule is CCC(CO)N=c1nc(Nc2ccc(Cl)c(N)c2)c2n[nH]c(C(C)C)c2n1C(C)C. The topological polar surface area (TPSA) is 117 Å². The number of aliphatic hydroxyl groups excluding tert-OH is 1. The number of fused-ring (bicyclic) bond motifs is 1. The average molecular weight is 432 g/mol. The van der Waals surface area contributed by atoms with Gasteiger partial charge in [0.25, 0.3) is 0 Å². The highest BCUT2D eigenvalue weighted by molar-refractivity contribution is 6.33. The summed E-state index contributed by atoms with van der Waals surface area (Å²) in [5.41, 5.74) is 10.4. The van der Waals surface area contributed by atoms with Crippen LogP contribution in [0.2, 0.25) is 5.02 Å². The van der Waals surface area contributed by atoms with Gasteiger partial charge in [-0.2, -0.15) is 10.1 Å². The lowest BCUT2D eigenvalue weighted by molar-refractivity contribution is 0.260. The second kappa shape index (κ2) is 9.06. The largest absolute Gasteiger partial charge is 0.397 e. The van der Waals surface area contributed by atoms with Crippen molar-refractivity contribution in [2.75, 3.05) is 17.7 Å². The first kappa shape index (κ1) is 22.1. The zero-order chi connectivity index (χ0) is 22.0. The van der Waals surface area contributed by atoms with Crippen molar-refractivity contribution in [2.45, 2.75) is 59.0 Å². The number of rotatable bonds is 7. The summed E-state index contributed by atoms with van der Waals surface area (Å²) in [7, 11) is 0. The Kier molecular flexibility index (Phi) is 6.67. The predicted octanol–water partition coefficient (Wildman–Crippen LogP) is 4.11. The van der Waals surface area contributed by atoms with Crippen molar-refractivity contribution < 1.29 is 5.11 Å². The predicted molar refractivity (Wildman–Crippen MR) is 122 cm³/mol. The first-order chi connectivity index (χ1) is 14.3. The lowest BCUT2D eigenvalue weighted by atomic mass is 10.1. The molecule has 0 radical (unpaired) electrons. The van der Waals surface area contributed by atoms with E-state index in [-0.39, 0.29) is 24.6 Å². The third-order valence-electron chi connectivity index (χ3n) is 4.99. The molecule has 3 rings (SSSR count). The summed E-state index contributed by atoms with van der Waals surface area (Å²) in [6, 6.07) is 5.21. The Balaban J connectivity index is 2.31. The van der Waals surface area contributed by atoms with E-state index in [0.717, 1.165) is 22.4 Å². The smallest absolute Gasteiger partial charge is 0.228 e. The summed E-state index contributed by atoms with van der Waals surface area (Å²) in [5.74, 6) is 0.799. The minimum absolute atomic E-state index is 0.0345. The van der Waals surface area contributed by atoms with Crippen LogP contribution in [0.15, 0.2) is 23.2 Å². The zero-order valence-corrected chi connectivity index (χ0v) is 18.8. The molecule has 0 saturated carbocycles. The van der Waals surface area contributed by atoms with Gasteiger partial charge in [-0.05, 0) is 44.4 Å². The number of hydrogen-bond acceptors (Lipinski definition) is 6. The van der Waals surface area contributed by atoms with Crippen LogP contribution >= 0.6 is 11.6 Å². The highest BCUT2D eigenvalue weighted by Crippen LogP contribution is 2.30. The molecular formula is C21H30ClN7O. The Morgan fingerprint density at radius 2 is 2.03 bits per heavy atom. The summed E-state index contributed by atoms with van der Waals surface area (Å²) in [4.78, 5) is 9.55. The Hall–Kier alpha value is -2.58. The third kappa shape index (κ3) is 4.29. The quantitative estimate of drug-likeness (QED) is 0.420. The molecule has 30 heavy (non-hydrogen) atoms. The van der Waals surface area contributed by atoms with Crippen LogP contribution in [-0.4, -0.2) is 37.5 Å². The van der Waals surface area contributed by atoms with Crippen LogP contribution in [0, 0.1) is 0 Å². The molecule has 8 nitrogen and oxygen atoms in total. The molecule has 0 aliphatic rings. The van der Waals surface area contributed by atoms with E-state index < -0.39 is 0 Å². The van der Waals surface area contributed by atoms with E-state index in [1.165, 1.54) is 0 Å². The number of anilines is 3. The number of nitrogen functional groups attached to an aromatic ring is 1. The molecule has 2 heterocycles. The van der Waals surface area contributed by atoms with Crippen LogP contribution in [0.1, 0.15) is 58.7 Å². The van der Waals surface area contributed by atoms with Crippen molar-refractivity contribution in [3.8, 4) is 0 Å². The number of benzene rings is 1. The van der Waals surface area contributed by atoms with Crippen molar-refractivity contribution in [2.24, 2.45) is 4.99 Å². The lowest BCUT2D eigenvalue weighted by Crippen LogP contribution is -2.30. The van der Waals surface area contributed by atoms with E-state index in [1.54, 1.807) is 12.1 Å². The summed E-state index contributed by atoms with van der Waals surface area (Å²) >= 11 is 6.06. The standard InChI is InChI=1S/C21H30ClN7O/c1-6-13(10-30)25-21-26-20(24-14-7-8-15(22)16(23)9-14)18-19(29(21)12(4)5)17(11(2)3)27-28-18/h7-9,11-13,30H,6,10,23H2,1-5H3,(H,27,28)(H,24,25,26). The number of nitrogens with one attached hydrogen (secondary N) is 2. The molecule has 0 aliphatic carbocycles. The number of H-pyrrole nitrogens is 1. The van der Waals surface area contributed by atoms with Gasteiger partial charge >= 0.3 is 0 Å². The van der Waals surface area contributed by atoms with E-state index in [1.807, 2.05) is 13.0 Å². The number of nitrogens with two attached hydrogens (primary N) is 1. The molecule has 2 aromatic heterocycles. The maximum absolute atomic E-state index is 9.70. The maximum Gasteiger partial charge on any atom is 0.228 e. The fourth-order valence-corrected chi connectivity index (χ4v) is 3.44. The van der Waals surface area contributed by atoms with Crippen molar-refractivity contribution >= 4 is 39.8 Å². The highest BCUT2D eigenvalue weighted by Gasteiger charge is 2.20. The van der Waals surface area contributed by atoms with E-state index in [9.17, 15) is 5.11 Å². The van der Waals surface area contributed by atoms with Crippen LogP contribution in [0.3, 0.4) is 0 Å². The molecule has 3 aromatic rings. The minimum atomic E-state index is -0.228. The Morgan fingerprint density at radius 3 is 2.60 bits per heavy atom. The average Bonchev–Trinajstić information content (AvgIpc) is 3.14. The highest BCUT2D eigenvalue weighted by atomic mass is 35.5. The van der Waals surface area contributed by atoms with Crippen LogP contribution in [0.4, 0.5) is 17.2 Å². The molecule has 1 unspecified atom stereocenters. The van der Waals surface area contributed by atoms with Crippen LogP contribution in [0.5, 0.6) is 0 Å². The van der Waals surface area contributed by atoms with Gasteiger partial charge in [0, 0.05) is 11.7 Å². The first-order valence-electron chi connectivity index (χ1n) is 10.2. The van der Waals surface area contributed by atoms with Gasteiger partial charge in [0.05, 0.1) is 34.6 Å². The van der Waals surface area contributed by atoms with Crippen molar-refractivity contribution in [1.82, 2.24) is 19.7 Å².